The van der Waals surface area contributed by atoms with Crippen LogP contribution in [0.5, 0.6) is 0 Å². The van der Waals surface area contributed by atoms with Crippen molar-refractivity contribution in [2.75, 3.05) is 39.3 Å². The summed E-state index contributed by atoms with van der Waals surface area (Å²) in [4.78, 5) is 18.8. The molecule has 3 unspecified atom stereocenters. The maximum Gasteiger partial charge on any atom is 0.241 e. The van der Waals surface area contributed by atoms with Gasteiger partial charge in [-0.3, -0.25) is 9.69 Å². The zero-order chi connectivity index (χ0) is 17.1. The lowest BCUT2D eigenvalue weighted by Gasteiger charge is -2.46. The van der Waals surface area contributed by atoms with Gasteiger partial charge in [-0.15, -0.1) is 0 Å². The van der Waals surface area contributed by atoms with Crippen LogP contribution >= 0.6 is 0 Å². The molecule has 0 radical (unpaired) electrons. The first kappa shape index (κ1) is 17.0. The molecular formula is C18H27N5O. The van der Waals surface area contributed by atoms with Crippen LogP contribution < -0.4 is 0 Å². The van der Waals surface area contributed by atoms with Gasteiger partial charge in [-0.25, -0.2) is 0 Å². The third kappa shape index (κ3) is 3.49. The molecule has 6 nitrogen and oxygen atoms in total. The van der Waals surface area contributed by atoms with Crippen LogP contribution in [0.1, 0.15) is 32.6 Å². The average Bonchev–Trinajstić information content (AvgIpc) is 2.63. The molecule has 0 aromatic heterocycles. The Kier molecular flexibility index (Phi) is 5.26. The van der Waals surface area contributed by atoms with Gasteiger partial charge in [-0.2, -0.15) is 10.5 Å². The molecule has 4 atom stereocenters. The predicted octanol–water partition coefficient (Wildman–Crippen LogP) is 1.26. The van der Waals surface area contributed by atoms with Gasteiger partial charge in [0.05, 0.1) is 12.6 Å². The number of hydrogen-bond donors (Lipinski definition) is 0. The molecule has 2 aliphatic heterocycles. The molecule has 3 rings (SSSR count). The Hall–Kier alpha value is -1.79. The minimum Gasteiger partial charge on any atom is -0.340 e. The quantitative estimate of drug-likeness (QED) is 0.729. The van der Waals surface area contributed by atoms with Crippen LogP contribution in [0, 0.1) is 40.5 Å². The van der Waals surface area contributed by atoms with Gasteiger partial charge in [0.1, 0.15) is 6.04 Å². The third-order valence-corrected chi connectivity index (χ3v) is 6.10. The zero-order valence-electron chi connectivity index (χ0n) is 14.5. The summed E-state index contributed by atoms with van der Waals surface area (Å²) in [5.41, 5.74) is 0. The van der Waals surface area contributed by atoms with E-state index in [0.29, 0.717) is 18.4 Å². The first-order valence-electron chi connectivity index (χ1n) is 9.19. The van der Waals surface area contributed by atoms with Gasteiger partial charge in [-0.05, 0) is 24.7 Å². The molecule has 1 saturated carbocycles. The Bertz CT molecular complexity index is 551. The Labute approximate surface area is 144 Å². The van der Waals surface area contributed by atoms with E-state index in [1.165, 1.54) is 6.42 Å². The highest BCUT2D eigenvalue weighted by molar-refractivity contribution is 5.83. The first-order chi connectivity index (χ1) is 11.6. The maximum atomic E-state index is 12.9. The number of hydrogen-bond acceptors (Lipinski definition) is 5. The summed E-state index contributed by atoms with van der Waals surface area (Å²) >= 11 is 0. The largest absolute Gasteiger partial charge is 0.340 e. The SMILES string of the molecule is CC(CN1CCN2CCN(C#N)C[C@@H]2C1=O)C1CCCC(C#N)C1. The fourth-order valence-electron chi connectivity index (χ4n) is 4.52. The topological polar surface area (TPSA) is 74.4 Å². The Morgan fingerprint density at radius 1 is 1.21 bits per heavy atom. The summed E-state index contributed by atoms with van der Waals surface area (Å²) in [6.07, 6.45) is 6.51. The molecule has 1 amide bonds. The molecule has 2 heterocycles. The molecule has 0 aromatic rings. The number of carbonyl (C=O) groups is 1. The second-order valence-electron chi connectivity index (χ2n) is 7.61. The Morgan fingerprint density at radius 2 is 2.00 bits per heavy atom. The molecule has 0 aromatic carbocycles. The summed E-state index contributed by atoms with van der Waals surface area (Å²) in [5.74, 6) is 1.37. The first-order valence-corrected chi connectivity index (χ1v) is 9.19. The summed E-state index contributed by atoms with van der Waals surface area (Å²) in [7, 11) is 0. The van der Waals surface area contributed by atoms with Gasteiger partial charge < -0.3 is 9.80 Å². The number of rotatable bonds is 3. The van der Waals surface area contributed by atoms with Crippen LogP contribution in [-0.4, -0.2) is 65.9 Å². The fraction of sp³-hybridized carbons (Fsp3) is 0.833. The lowest BCUT2D eigenvalue weighted by molar-refractivity contribution is -0.145. The van der Waals surface area contributed by atoms with Gasteiger partial charge in [-0.1, -0.05) is 19.8 Å². The van der Waals surface area contributed by atoms with E-state index in [0.717, 1.165) is 52.0 Å². The van der Waals surface area contributed by atoms with Crippen molar-refractivity contribution in [3.05, 3.63) is 0 Å². The van der Waals surface area contributed by atoms with Crippen LogP contribution in [0.25, 0.3) is 0 Å². The van der Waals surface area contributed by atoms with Crippen molar-refractivity contribution in [3.63, 3.8) is 0 Å². The normalized spacial score (nSPS) is 32.6. The van der Waals surface area contributed by atoms with E-state index < -0.39 is 0 Å². The predicted molar refractivity (Wildman–Crippen MR) is 89.4 cm³/mol. The summed E-state index contributed by atoms with van der Waals surface area (Å²) < 4.78 is 0. The molecule has 1 aliphatic carbocycles. The molecule has 0 bridgehead atoms. The van der Waals surface area contributed by atoms with Crippen molar-refractivity contribution in [3.8, 4) is 12.3 Å². The van der Waals surface area contributed by atoms with Gasteiger partial charge >= 0.3 is 0 Å². The molecule has 24 heavy (non-hydrogen) atoms. The van der Waals surface area contributed by atoms with Crippen molar-refractivity contribution in [2.24, 2.45) is 17.8 Å². The third-order valence-electron chi connectivity index (χ3n) is 6.10. The number of carbonyl (C=O) groups excluding carboxylic acids is 1. The zero-order valence-corrected chi connectivity index (χ0v) is 14.5. The summed E-state index contributed by atoms with van der Waals surface area (Å²) in [5, 5.41) is 18.3. The Morgan fingerprint density at radius 3 is 2.75 bits per heavy atom. The highest BCUT2D eigenvalue weighted by Crippen LogP contribution is 2.34. The number of piperazine rings is 2. The minimum absolute atomic E-state index is 0.155. The van der Waals surface area contributed by atoms with E-state index in [9.17, 15) is 10.1 Å². The van der Waals surface area contributed by atoms with Crippen LogP contribution in [0.2, 0.25) is 0 Å². The second-order valence-corrected chi connectivity index (χ2v) is 7.61. The molecule has 2 saturated heterocycles. The lowest BCUT2D eigenvalue weighted by atomic mass is 9.76. The lowest BCUT2D eigenvalue weighted by Crippen LogP contribution is -2.64. The molecular weight excluding hydrogens is 302 g/mol. The van der Waals surface area contributed by atoms with E-state index in [4.69, 9.17) is 5.26 Å². The molecule has 3 aliphatic rings. The highest BCUT2D eigenvalue weighted by atomic mass is 16.2. The fourth-order valence-corrected chi connectivity index (χ4v) is 4.52. The number of nitriles is 2. The van der Waals surface area contributed by atoms with E-state index in [1.807, 2.05) is 4.90 Å². The van der Waals surface area contributed by atoms with Gasteiger partial charge in [0, 0.05) is 38.6 Å². The van der Waals surface area contributed by atoms with Crippen molar-refractivity contribution in [2.45, 2.75) is 38.6 Å². The number of nitrogens with zero attached hydrogens (tertiary/aromatic N) is 5. The van der Waals surface area contributed by atoms with Crippen LogP contribution in [0.4, 0.5) is 0 Å². The minimum atomic E-state index is -0.155. The number of amides is 1. The summed E-state index contributed by atoms with van der Waals surface area (Å²) in [6, 6.07) is 2.27. The van der Waals surface area contributed by atoms with Crippen LogP contribution in [0.3, 0.4) is 0 Å². The van der Waals surface area contributed by atoms with E-state index in [1.54, 1.807) is 4.90 Å². The molecule has 0 N–H and O–H groups in total. The van der Waals surface area contributed by atoms with Gasteiger partial charge in [0.15, 0.2) is 6.19 Å². The van der Waals surface area contributed by atoms with Crippen molar-refractivity contribution in [1.29, 1.82) is 10.5 Å². The van der Waals surface area contributed by atoms with E-state index in [-0.39, 0.29) is 17.9 Å². The van der Waals surface area contributed by atoms with Gasteiger partial charge in [0.2, 0.25) is 5.91 Å². The van der Waals surface area contributed by atoms with Crippen molar-refractivity contribution in [1.82, 2.24) is 14.7 Å². The molecule has 3 fully saturated rings. The van der Waals surface area contributed by atoms with E-state index in [2.05, 4.69) is 24.1 Å². The molecule has 6 heteroatoms. The Balaban J connectivity index is 1.58. The van der Waals surface area contributed by atoms with Crippen LogP contribution in [0.15, 0.2) is 0 Å². The molecule has 0 spiro atoms. The number of fused-ring (bicyclic) bond motifs is 1. The van der Waals surface area contributed by atoms with E-state index >= 15 is 0 Å². The van der Waals surface area contributed by atoms with Crippen molar-refractivity contribution < 1.29 is 4.79 Å². The highest BCUT2D eigenvalue weighted by Gasteiger charge is 2.39. The maximum absolute atomic E-state index is 12.9. The van der Waals surface area contributed by atoms with Crippen molar-refractivity contribution >= 4 is 5.91 Å². The standard InChI is InChI=1S/C18H27N5O/c1-14(16-4-2-3-15(9-16)10-19)11-23-8-7-22-6-5-21(13-20)12-17(22)18(23)24/h14-17H,2-9,11-12H2,1H3/t14?,15?,16?,17-/m1/s1. The second kappa shape index (κ2) is 7.40. The smallest absolute Gasteiger partial charge is 0.241 e. The monoisotopic (exact) mass is 329 g/mol. The molecule has 130 valence electrons. The van der Waals surface area contributed by atoms with Crippen LogP contribution in [-0.2, 0) is 4.79 Å². The van der Waals surface area contributed by atoms with Gasteiger partial charge in [0.25, 0.3) is 0 Å². The summed E-state index contributed by atoms with van der Waals surface area (Å²) in [6.45, 7) is 6.79. The average molecular weight is 329 g/mol.